The molecular formula is C18H14Cl2N4O5S2. The summed E-state index contributed by atoms with van der Waals surface area (Å²) in [7, 11) is -4.15. The molecule has 0 fully saturated rings. The number of halogens is 2. The van der Waals surface area contributed by atoms with Crippen LogP contribution in [-0.2, 0) is 14.8 Å². The molecule has 0 spiro atoms. The summed E-state index contributed by atoms with van der Waals surface area (Å²) in [6.45, 7) is 1.77. The average molecular weight is 501 g/mol. The van der Waals surface area contributed by atoms with Crippen LogP contribution in [0.5, 0.6) is 0 Å². The van der Waals surface area contributed by atoms with Gasteiger partial charge in [-0.15, -0.1) is 10.2 Å². The first-order chi connectivity index (χ1) is 14.7. The molecule has 1 amide bonds. The summed E-state index contributed by atoms with van der Waals surface area (Å²) in [5, 5.41) is 10.1. The second-order valence-corrected chi connectivity index (χ2v) is 9.48. The average Bonchev–Trinajstić information content (AvgIpc) is 3.19. The summed E-state index contributed by atoms with van der Waals surface area (Å²) in [5.74, 6) is -1.25. The van der Waals surface area contributed by atoms with Crippen molar-refractivity contribution in [3.8, 4) is 0 Å². The van der Waals surface area contributed by atoms with Gasteiger partial charge in [-0.25, -0.2) is 4.79 Å². The van der Waals surface area contributed by atoms with Crippen molar-refractivity contribution in [3.63, 3.8) is 0 Å². The van der Waals surface area contributed by atoms with Crippen molar-refractivity contribution in [1.29, 1.82) is 0 Å². The quantitative estimate of drug-likeness (QED) is 0.369. The molecule has 0 aliphatic rings. The predicted octanol–water partition coefficient (Wildman–Crippen LogP) is 4.07. The number of hydrogen-bond acceptors (Lipinski definition) is 8. The van der Waals surface area contributed by atoms with Crippen molar-refractivity contribution >= 4 is 67.3 Å². The van der Waals surface area contributed by atoms with E-state index in [9.17, 15) is 18.0 Å². The number of aromatic nitrogens is 2. The Hall–Kier alpha value is -2.73. The van der Waals surface area contributed by atoms with E-state index in [0.717, 1.165) is 0 Å². The van der Waals surface area contributed by atoms with Gasteiger partial charge in [-0.2, -0.15) is 8.42 Å². The minimum Gasteiger partial charge on any atom is -0.462 e. The van der Waals surface area contributed by atoms with E-state index in [1.807, 2.05) is 0 Å². The van der Waals surface area contributed by atoms with Crippen molar-refractivity contribution < 1.29 is 22.7 Å². The zero-order chi connectivity index (χ0) is 22.6. The van der Waals surface area contributed by atoms with E-state index in [0.29, 0.717) is 11.3 Å². The largest absolute Gasteiger partial charge is 0.462 e. The second kappa shape index (κ2) is 9.60. The van der Waals surface area contributed by atoms with Crippen molar-refractivity contribution in [2.75, 3.05) is 16.6 Å². The minimum atomic E-state index is -4.15. The van der Waals surface area contributed by atoms with E-state index in [1.165, 1.54) is 24.3 Å². The van der Waals surface area contributed by atoms with E-state index >= 15 is 0 Å². The Morgan fingerprint density at radius 1 is 1.06 bits per heavy atom. The predicted molar refractivity (Wildman–Crippen MR) is 118 cm³/mol. The number of carbonyl (C=O) groups is 2. The van der Waals surface area contributed by atoms with Crippen LogP contribution in [0.1, 0.15) is 27.6 Å². The Morgan fingerprint density at radius 3 is 2.48 bits per heavy atom. The summed E-state index contributed by atoms with van der Waals surface area (Å²) in [4.78, 5) is 24.2. The molecule has 1 aromatic heterocycles. The molecule has 0 aliphatic heterocycles. The summed E-state index contributed by atoms with van der Waals surface area (Å²) >= 11 is 12.6. The van der Waals surface area contributed by atoms with Gasteiger partial charge < -0.3 is 4.74 Å². The van der Waals surface area contributed by atoms with Gasteiger partial charge in [0.15, 0.2) is 0 Å². The van der Waals surface area contributed by atoms with Gasteiger partial charge in [-0.1, -0.05) is 46.7 Å². The van der Waals surface area contributed by atoms with Gasteiger partial charge in [0.25, 0.3) is 20.3 Å². The van der Waals surface area contributed by atoms with Crippen LogP contribution in [0.15, 0.2) is 46.8 Å². The number of amides is 1. The highest BCUT2D eigenvalue weighted by atomic mass is 35.5. The maximum atomic E-state index is 12.6. The highest BCUT2D eigenvalue weighted by molar-refractivity contribution is 7.94. The maximum Gasteiger partial charge on any atom is 0.339 e. The summed E-state index contributed by atoms with van der Waals surface area (Å²) < 4.78 is 32.0. The number of rotatable bonds is 7. The van der Waals surface area contributed by atoms with Crippen LogP contribution in [-0.4, -0.2) is 37.1 Å². The molecule has 2 aromatic carbocycles. The maximum absolute atomic E-state index is 12.6. The Labute approximate surface area is 191 Å². The Balaban J connectivity index is 1.77. The number of sulfonamides is 1. The van der Waals surface area contributed by atoms with Gasteiger partial charge in [-0.3, -0.25) is 14.8 Å². The number of ether oxygens (including phenoxy) is 1. The van der Waals surface area contributed by atoms with Gasteiger partial charge in [0.05, 0.1) is 27.8 Å². The van der Waals surface area contributed by atoms with Gasteiger partial charge in [0.2, 0.25) is 5.13 Å². The molecule has 1 heterocycles. The molecule has 0 saturated heterocycles. The molecule has 0 radical (unpaired) electrons. The molecule has 0 atom stereocenters. The number of carbonyl (C=O) groups excluding carboxylic acids is 2. The lowest BCUT2D eigenvalue weighted by molar-refractivity contribution is 0.0526. The van der Waals surface area contributed by atoms with Crippen LogP contribution in [0.25, 0.3) is 0 Å². The van der Waals surface area contributed by atoms with Gasteiger partial charge in [-0.05, 0) is 37.3 Å². The molecule has 162 valence electrons. The van der Waals surface area contributed by atoms with E-state index in [-0.39, 0.29) is 38.6 Å². The molecule has 31 heavy (non-hydrogen) atoms. The molecule has 0 bridgehead atoms. The van der Waals surface area contributed by atoms with Gasteiger partial charge in [0.1, 0.15) is 0 Å². The Bertz CT molecular complexity index is 1250. The summed E-state index contributed by atoms with van der Waals surface area (Å²) in [6.07, 6.45) is 0. The first-order valence-electron chi connectivity index (χ1n) is 8.60. The van der Waals surface area contributed by atoms with Crippen LogP contribution in [0, 0.1) is 0 Å². The molecule has 0 unspecified atom stereocenters. The van der Waals surface area contributed by atoms with Gasteiger partial charge >= 0.3 is 5.97 Å². The van der Waals surface area contributed by atoms with E-state index < -0.39 is 26.2 Å². The second-order valence-electron chi connectivity index (χ2n) is 5.83. The normalized spacial score (nSPS) is 11.1. The monoisotopic (exact) mass is 500 g/mol. The standard InChI is InChI=1S/C18H14Cl2N4O5S2/c1-2-29-16(26)12-9-10(7-8-14(12)20)24-31(27,28)18-23-22-17(30-18)21-15(25)11-5-3-4-6-13(11)19/h3-9,24H,2H2,1H3,(H,21,22,25). The first kappa shape index (κ1) is 22.9. The molecule has 0 saturated carbocycles. The highest BCUT2D eigenvalue weighted by Crippen LogP contribution is 2.26. The third kappa shape index (κ3) is 5.50. The number of nitrogens with zero attached hydrogens (tertiary/aromatic N) is 2. The molecule has 9 nitrogen and oxygen atoms in total. The fourth-order valence-corrected chi connectivity index (χ4v) is 4.69. The van der Waals surface area contributed by atoms with E-state index in [1.54, 1.807) is 25.1 Å². The molecule has 2 N–H and O–H groups in total. The molecule has 3 aromatic rings. The van der Waals surface area contributed by atoms with Crippen LogP contribution in [0.3, 0.4) is 0 Å². The number of esters is 1. The third-order valence-electron chi connectivity index (χ3n) is 3.69. The van der Waals surface area contributed by atoms with Gasteiger partial charge in [0, 0.05) is 5.69 Å². The van der Waals surface area contributed by atoms with E-state index in [2.05, 4.69) is 20.2 Å². The van der Waals surface area contributed by atoms with Crippen LogP contribution < -0.4 is 10.0 Å². The number of benzene rings is 2. The lowest BCUT2D eigenvalue weighted by Crippen LogP contribution is -2.14. The topological polar surface area (TPSA) is 127 Å². The first-order valence-corrected chi connectivity index (χ1v) is 11.7. The van der Waals surface area contributed by atoms with Crippen LogP contribution in [0.2, 0.25) is 10.0 Å². The van der Waals surface area contributed by atoms with E-state index in [4.69, 9.17) is 27.9 Å². The van der Waals surface area contributed by atoms with Crippen molar-refractivity contribution in [2.24, 2.45) is 0 Å². The number of anilines is 2. The summed E-state index contributed by atoms with van der Waals surface area (Å²) in [6, 6.07) is 10.4. The smallest absolute Gasteiger partial charge is 0.339 e. The molecule has 3 rings (SSSR count). The zero-order valence-corrected chi connectivity index (χ0v) is 18.9. The molecule has 13 heteroatoms. The fourth-order valence-electron chi connectivity index (χ4n) is 2.33. The van der Waals surface area contributed by atoms with Crippen LogP contribution in [0.4, 0.5) is 10.8 Å². The van der Waals surface area contributed by atoms with Crippen molar-refractivity contribution in [2.45, 2.75) is 11.3 Å². The third-order valence-corrected chi connectivity index (χ3v) is 6.94. The minimum absolute atomic E-state index is 0.00803. The number of hydrogen-bond donors (Lipinski definition) is 2. The number of nitrogens with one attached hydrogen (secondary N) is 2. The van der Waals surface area contributed by atoms with Crippen molar-refractivity contribution in [3.05, 3.63) is 63.6 Å². The van der Waals surface area contributed by atoms with Crippen LogP contribution >= 0.6 is 34.5 Å². The highest BCUT2D eigenvalue weighted by Gasteiger charge is 2.23. The summed E-state index contributed by atoms with van der Waals surface area (Å²) in [5.41, 5.74) is 0.285. The Kier molecular flexibility index (Phi) is 7.11. The molecular weight excluding hydrogens is 487 g/mol. The van der Waals surface area contributed by atoms with Crippen molar-refractivity contribution in [1.82, 2.24) is 10.2 Å². The lowest BCUT2D eigenvalue weighted by atomic mass is 10.2. The SMILES string of the molecule is CCOC(=O)c1cc(NS(=O)(=O)c2nnc(NC(=O)c3ccccc3Cl)s2)ccc1Cl. The molecule has 0 aliphatic carbocycles. The Morgan fingerprint density at radius 2 is 1.77 bits per heavy atom. The fraction of sp³-hybridized carbons (Fsp3) is 0.111. The lowest BCUT2D eigenvalue weighted by Gasteiger charge is -2.08. The zero-order valence-electron chi connectivity index (χ0n) is 15.8.